The van der Waals surface area contributed by atoms with Crippen LogP contribution in [0.3, 0.4) is 0 Å². The molecule has 0 bridgehead atoms. The van der Waals surface area contributed by atoms with E-state index >= 15 is 8.78 Å². The first-order valence-corrected chi connectivity index (χ1v) is 20.1. The van der Waals surface area contributed by atoms with E-state index in [-0.39, 0.29) is 39.5 Å². The van der Waals surface area contributed by atoms with Crippen LogP contribution in [0.5, 0.6) is 0 Å². The number of piperidine rings is 1. The molecule has 0 spiro atoms. The molecule has 0 atom stereocenters. The summed E-state index contributed by atoms with van der Waals surface area (Å²) in [7, 11) is -4.02. The summed E-state index contributed by atoms with van der Waals surface area (Å²) in [4.78, 5) is 35.8. The number of benzene rings is 3. The van der Waals surface area contributed by atoms with E-state index in [1.54, 1.807) is 41.8 Å². The number of fused-ring (bicyclic) bond motifs is 1. The van der Waals surface area contributed by atoms with Crippen molar-refractivity contribution >= 4 is 50.0 Å². The van der Waals surface area contributed by atoms with Crippen LogP contribution in [0.4, 0.5) is 20.4 Å². The van der Waals surface area contributed by atoms with Gasteiger partial charge in [-0.1, -0.05) is 29.8 Å². The molecule has 56 heavy (non-hydrogen) atoms. The average Bonchev–Trinajstić information content (AvgIpc) is 3.64. The van der Waals surface area contributed by atoms with Crippen molar-refractivity contribution < 1.29 is 26.5 Å². The lowest BCUT2D eigenvalue weighted by molar-refractivity contribution is 0.102. The van der Waals surface area contributed by atoms with Crippen molar-refractivity contribution in [2.75, 3.05) is 10.6 Å². The average molecular weight is 801 g/mol. The lowest BCUT2D eigenvalue weighted by Gasteiger charge is -2.46. The fraction of sp³-hybridized carbons (Fsp3) is 0.268. The van der Waals surface area contributed by atoms with Gasteiger partial charge in [0.25, 0.3) is 21.6 Å². The van der Waals surface area contributed by atoms with E-state index in [0.29, 0.717) is 27.9 Å². The maximum absolute atomic E-state index is 15.2. The van der Waals surface area contributed by atoms with E-state index in [2.05, 4.69) is 43.6 Å². The molecule has 7 rings (SSSR count). The Labute approximate surface area is 327 Å². The molecule has 292 valence electrons. The van der Waals surface area contributed by atoms with Gasteiger partial charge in [0.05, 0.1) is 16.2 Å². The molecule has 6 aromatic rings. The van der Waals surface area contributed by atoms with Gasteiger partial charge in [0, 0.05) is 45.2 Å². The normalized spacial score (nSPS) is 15.2. The standard InChI is InChI=1S/C34H34F2N6O2S.C7H8O3S/c1-19-9-10-21(37-31(44)20-13-14-45-18-20)15-24(19)28-23-11-12-27(43)42(29-25(35)7-6-8-26(29)36)30(23)40-32(39-28)38-22-16-33(2,3)41-34(4,5)17-22;1-6-2-4-7(5-3-6)11(8,9)10/h6-15,18,22,41H,16-17H2,1-5H3,(H,37,44)(H,38,39,40);2-5H,1H3,(H,8,9,10). The van der Waals surface area contributed by atoms with Crippen LogP contribution in [0.2, 0.25) is 0 Å². The van der Waals surface area contributed by atoms with Crippen LogP contribution in [-0.4, -0.2) is 50.5 Å². The van der Waals surface area contributed by atoms with E-state index in [1.165, 1.54) is 35.6 Å². The Morgan fingerprint density at radius 3 is 2.20 bits per heavy atom. The Morgan fingerprint density at radius 2 is 1.59 bits per heavy atom. The number of aryl methyl sites for hydroxylation is 2. The minimum absolute atomic E-state index is 0.0343. The van der Waals surface area contributed by atoms with Crippen molar-refractivity contribution in [3.8, 4) is 16.9 Å². The van der Waals surface area contributed by atoms with Gasteiger partial charge in [-0.05, 0) is 114 Å². The lowest BCUT2D eigenvalue weighted by Crippen LogP contribution is -2.60. The van der Waals surface area contributed by atoms with Crippen molar-refractivity contribution in [3.05, 3.63) is 128 Å². The van der Waals surface area contributed by atoms with Crippen molar-refractivity contribution in [3.63, 3.8) is 0 Å². The van der Waals surface area contributed by atoms with Crippen LogP contribution in [0.1, 0.15) is 62.0 Å². The topological polar surface area (TPSA) is 155 Å². The third kappa shape index (κ3) is 9.19. The molecule has 11 nitrogen and oxygen atoms in total. The molecule has 0 aliphatic carbocycles. The largest absolute Gasteiger partial charge is 0.351 e. The van der Waals surface area contributed by atoms with Gasteiger partial charge in [0.2, 0.25) is 5.95 Å². The molecule has 15 heteroatoms. The second-order valence-corrected chi connectivity index (χ2v) is 17.3. The summed E-state index contributed by atoms with van der Waals surface area (Å²) < 4.78 is 60.8. The van der Waals surface area contributed by atoms with Crippen molar-refractivity contribution in [2.45, 2.75) is 76.4 Å². The summed E-state index contributed by atoms with van der Waals surface area (Å²) in [5.74, 6) is -1.81. The highest BCUT2D eigenvalue weighted by Crippen LogP contribution is 2.35. The summed E-state index contributed by atoms with van der Waals surface area (Å²) in [6, 6.07) is 19.5. The molecular weight excluding hydrogens is 759 g/mol. The number of nitrogens with zero attached hydrogens (tertiary/aromatic N) is 3. The quantitative estimate of drug-likeness (QED) is 0.117. The van der Waals surface area contributed by atoms with Crippen molar-refractivity contribution in [2.24, 2.45) is 0 Å². The number of hydrogen-bond donors (Lipinski definition) is 4. The van der Waals surface area contributed by atoms with E-state index in [0.717, 1.165) is 40.7 Å². The van der Waals surface area contributed by atoms with Crippen LogP contribution in [0, 0.1) is 25.5 Å². The van der Waals surface area contributed by atoms with Crippen molar-refractivity contribution in [1.29, 1.82) is 0 Å². The Morgan fingerprint density at radius 1 is 0.929 bits per heavy atom. The Hall–Kier alpha value is -5.35. The molecular formula is C41H42F2N6O5S2. The molecule has 1 saturated heterocycles. The summed E-state index contributed by atoms with van der Waals surface area (Å²) >= 11 is 1.43. The van der Waals surface area contributed by atoms with Crippen LogP contribution in [0.25, 0.3) is 28.0 Å². The zero-order valence-electron chi connectivity index (χ0n) is 31.6. The molecule has 4 N–H and O–H groups in total. The maximum atomic E-state index is 15.2. The molecule has 3 aromatic carbocycles. The number of hydrogen-bond acceptors (Lipinski definition) is 9. The second kappa shape index (κ2) is 15.7. The number of pyridine rings is 1. The van der Waals surface area contributed by atoms with Crippen LogP contribution in [0.15, 0.2) is 99.3 Å². The Balaban J connectivity index is 0.000000417. The molecule has 4 heterocycles. The first-order valence-electron chi connectivity index (χ1n) is 17.7. The van der Waals surface area contributed by atoms with E-state index in [9.17, 15) is 18.0 Å². The highest BCUT2D eigenvalue weighted by Gasteiger charge is 2.38. The molecule has 1 amide bonds. The van der Waals surface area contributed by atoms with Gasteiger partial charge >= 0.3 is 0 Å². The predicted molar refractivity (Wildman–Crippen MR) is 216 cm³/mol. The van der Waals surface area contributed by atoms with Crippen LogP contribution in [-0.2, 0) is 10.1 Å². The lowest BCUT2D eigenvalue weighted by atomic mass is 9.80. The highest BCUT2D eigenvalue weighted by atomic mass is 32.2. The van der Waals surface area contributed by atoms with E-state index in [4.69, 9.17) is 14.5 Å². The fourth-order valence-electron chi connectivity index (χ4n) is 7.17. The molecule has 1 aliphatic rings. The summed E-state index contributed by atoms with van der Waals surface area (Å²) in [5.41, 5.74) is 2.55. The van der Waals surface area contributed by atoms with Gasteiger partial charge in [-0.25, -0.2) is 13.8 Å². The van der Waals surface area contributed by atoms with Crippen LogP contribution >= 0.6 is 11.3 Å². The third-order valence-corrected chi connectivity index (χ3v) is 10.8. The number of carbonyl (C=O) groups is 1. The smallest absolute Gasteiger partial charge is 0.294 e. The fourth-order valence-corrected chi connectivity index (χ4v) is 8.29. The number of carbonyl (C=O) groups excluding carboxylic acids is 1. The van der Waals surface area contributed by atoms with E-state index in [1.807, 2.05) is 25.3 Å². The molecule has 1 fully saturated rings. The Bertz CT molecular complexity index is 2560. The molecule has 0 saturated carbocycles. The maximum Gasteiger partial charge on any atom is 0.294 e. The van der Waals surface area contributed by atoms with Gasteiger partial charge in [-0.3, -0.25) is 18.7 Å². The number of para-hydroxylation sites is 1. The summed E-state index contributed by atoms with van der Waals surface area (Å²) in [6.45, 7) is 12.3. The predicted octanol–water partition coefficient (Wildman–Crippen LogP) is 8.31. The number of nitrogens with one attached hydrogen (secondary N) is 3. The number of thiophene rings is 1. The van der Waals surface area contributed by atoms with Crippen molar-refractivity contribution in [1.82, 2.24) is 19.9 Å². The zero-order valence-corrected chi connectivity index (χ0v) is 33.3. The van der Waals surface area contributed by atoms with Gasteiger partial charge < -0.3 is 16.0 Å². The van der Waals surface area contributed by atoms with E-state index < -0.39 is 33.0 Å². The van der Waals surface area contributed by atoms with Gasteiger partial charge in [-0.15, -0.1) is 0 Å². The minimum atomic E-state index is -4.02. The van der Waals surface area contributed by atoms with Gasteiger partial charge in [-0.2, -0.15) is 24.7 Å². The molecule has 3 aromatic heterocycles. The van der Waals surface area contributed by atoms with Gasteiger partial charge in [0.15, 0.2) is 5.65 Å². The molecule has 1 aliphatic heterocycles. The number of aromatic nitrogens is 3. The number of rotatable bonds is 7. The number of anilines is 2. The summed E-state index contributed by atoms with van der Waals surface area (Å²) in [5, 5.41) is 14.1. The first-order chi connectivity index (χ1) is 26.3. The third-order valence-electron chi connectivity index (χ3n) is 9.29. The second-order valence-electron chi connectivity index (χ2n) is 15.1. The molecule has 0 unspecified atom stereocenters. The minimum Gasteiger partial charge on any atom is -0.351 e. The van der Waals surface area contributed by atoms with Gasteiger partial charge in [0.1, 0.15) is 17.3 Å². The zero-order chi connectivity index (χ0) is 40.6. The molecule has 0 radical (unpaired) electrons. The number of halogens is 2. The summed E-state index contributed by atoms with van der Waals surface area (Å²) in [6.07, 6.45) is 1.53. The SMILES string of the molecule is Cc1ccc(NC(=O)c2ccsc2)cc1-c1nc(NC2CC(C)(C)NC(C)(C)C2)nc2c1ccc(=O)n2-c1c(F)cccc1F.Cc1ccc(S(=O)(=O)O)cc1. The number of amides is 1. The van der Waals surface area contributed by atoms with Crippen LogP contribution < -0.4 is 21.5 Å². The highest BCUT2D eigenvalue weighted by molar-refractivity contribution is 7.85. The first kappa shape index (κ1) is 40.3. The monoisotopic (exact) mass is 800 g/mol. The Kier molecular flexibility index (Phi) is 11.3.